The topological polar surface area (TPSA) is 26.0 Å². The summed E-state index contributed by atoms with van der Waals surface area (Å²) in [5.41, 5.74) is 4.67. The molecule has 0 unspecified atom stereocenters. The molecule has 3 rings (SSSR count). The van der Waals surface area contributed by atoms with Crippen LogP contribution in [0.25, 0.3) is 11.3 Å². The fourth-order valence-electron chi connectivity index (χ4n) is 2.47. The average molecular weight is 360 g/mol. The van der Waals surface area contributed by atoms with Crippen LogP contribution in [0.2, 0.25) is 0 Å². The van der Waals surface area contributed by atoms with Gasteiger partial charge in [-0.3, -0.25) is 0 Å². The van der Waals surface area contributed by atoms with Gasteiger partial charge >= 0.3 is 135 Å². The summed E-state index contributed by atoms with van der Waals surface area (Å²) in [6.45, 7) is 6.36. The van der Waals surface area contributed by atoms with E-state index in [0.717, 1.165) is 10.4 Å². The molecule has 2 nitrogen and oxygen atoms in total. The molecule has 0 amide bonds. The summed E-state index contributed by atoms with van der Waals surface area (Å²) in [4.78, 5) is 5.12. The molecule has 1 heterocycles. The van der Waals surface area contributed by atoms with Crippen LogP contribution >= 0.6 is 0 Å². The van der Waals surface area contributed by atoms with E-state index in [1.807, 2.05) is 0 Å². The number of aromatic nitrogens is 1. The number of oxazole rings is 1. The Bertz CT molecular complexity index is 785. The second-order valence-corrected chi connectivity index (χ2v) is 7.34. The van der Waals surface area contributed by atoms with Gasteiger partial charge in [0.15, 0.2) is 0 Å². The minimum absolute atomic E-state index is 0.0279. The van der Waals surface area contributed by atoms with Gasteiger partial charge < -0.3 is 0 Å². The predicted octanol–water partition coefficient (Wildman–Crippen LogP) is 3.06. The molecular weight excluding hydrogens is 344 g/mol. The summed E-state index contributed by atoms with van der Waals surface area (Å²) in [5, 5.41) is 0. The Morgan fingerprint density at radius 1 is 1.00 bits per heavy atom. The molecule has 1 aromatic heterocycles. The van der Waals surface area contributed by atoms with Gasteiger partial charge in [-0.1, -0.05) is 0 Å². The molecule has 0 saturated carbocycles. The van der Waals surface area contributed by atoms with E-state index in [1.54, 1.807) is 18.3 Å². The van der Waals surface area contributed by atoms with Gasteiger partial charge in [0.1, 0.15) is 0 Å². The van der Waals surface area contributed by atoms with Crippen LogP contribution in [0.4, 0.5) is 4.39 Å². The number of halogens is 1. The SMILES string of the molecule is Cc1cc(C)c([Se]c2ncc(-c3ccc(F)cc3)o2)c(C)c1. The average Bonchev–Trinajstić information content (AvgIpc) is 2.92. The molecule has 0 aliphatic heterocycles. The van der Waals surface area contributed by atoms with Crippen molar-refractivity contribution >= 4 is 24.2 Å². The van der Waals surface area contributed by atoms with Crippen LogP contribution in [-0.2, 0) is 0 Å². The first-order chi connectivity index (χ1) is 10.5. The molecule has 0 radical (unpaired) electrons. The van der Waals surface area contributed by atoms with Crippen LogP contribution in [0, 0.1) is 26.6 Å². The molecule has 112 valence electrons. The Morgan fingerprint density at radius 2 is 1.64 bits per heavy atom. The molecular formula is C18H16FNOSe. The first-order valence-corrected chi connectivity index (χ1v) is 8.72. The third kappa shape index (κ3) is 3.13. The molecule has 0 atom stereocenters. The Labute approximate surface area is 135 Å². The first kappa shape index (κ1) is 15.0. The standard InChI is InChI=1S/C18H16FNOSe/c1-11-8-12(2)17(13(3)9-11)22-18-20-10-16(21-18)14-4-6-15(19)7-5-14/h4-10H,1-3H3. The molecule has 0 aliphatic rings. The molecule has 0 fully saturated rings. The van der Waals surface area contributed by atoms with Crippen molar-refractivity contribution in [2.45, 2.75) is 20.8 Å². The van der Waals surface area contributed by atoms with Crippen LogP contribution < -0.4 is 9.25 Å². The van der Waals surface area contributed by atoms with Crippen molar-refractivity contribution in [2.24, 2.45) is 0 Å². The van der Waals surface area contributed by atoms with E-state index in [2.05, 4.69) is 37.9 Å². The van der Waals surface area contributed by atoms with Crippen molar-refractivity contribution in [1.29, 1.82) is 0 Å². The van der Waals surface area contributed by atoms with E-state index in [9.17, 15) is 4.39 Å². The molecule has 2 aromatic carbocycles. The Kier molecular flexibility index (Phi) is 4.14. The Balaban J connectivity index is 1.87. The molecule has 0 N–H and O–H groups in total. The summed E-state index contributed by atoms with van der Waals surface area (Å²) in [6, 6.07) is 10.6. The van der Waals surface area contributed by atoms with Crippen LogP contribution in [-0.4, -0.2) is 19.9 Å². The molecule has 0 saturated heterocycles. The van der Waals surface area contributed by atoms with Crippen molar-refractivity contribution in [3.05, 3.63) is 65.1 Å². The zero-order valence-corrected chi connectivity index (χ0v) is 14.4. The summed E-state index contributed by atoms with van der Waals surface area (Å²) >= 11 is 0.0279. The van der Waals surface area contributed by atoms with E-state index in [4.69, 9.17) is 4.42 Å². The minimum atomic E-state index is -0.251. The van der Waals surface area contributed by atoms with Gasteiger partial charge in [0.25, 0.3) is 0 Å². The summed E-state index contributed by atoms with van der Waals surface area (Å²) < 4.78 is 20.1. The molecule has 0 spiro atoms. The van der Waals surface area contributed by atoms with Crippen molar-refractivity contribution in [3.63, 3.8) is 0 Å². The first-order valence-electron chi connectivity index (χ1n) is 7.00. The van der Waals surface area contributed by atoms with Crippen LogP contribution in [0.3, 0.4) is 0 Å². The molecule has 22 heavy (non-hydrogen) atoms. The van der Waals surface area contributed by atoms with Gasteiger partial charge in [0.2, 0.25) is 0 Å². The maximum absolute atomic E-state index is 13.0. The quantitative estimate of drug-likeness (QED) is 0.671. The second-order valence-electron chi connectivity index (χ2n) is 5.33. The van der Waals surface area contributed by atoms with Crippen molar-refractivity contribution in [1.82, 2.24) is 4.98 Å². The number of rotatable bonds is 3. The molecule has 0 aliphatic carbocycles. The Hall–Kier alpha value is -1.90. The monoisotopic (exact) mass is 361 g/mol. The summed E-state index contributed by atoms with van der Waals surface area (Å²) in [7, 11) is 0. The van der Waals surface area contributed by atoms with Crippen LogP contribution in [0.5, 0.6) is 0 Å². The van der Waals surface area contributed by atoms with E-state index in [1.165, 1.54) is 33.3 Å². The van der Waals surface area contributed by atoms with Crippen molar-refractivity contribution in [3.8, 4) is 11.3 Å². The second kappa shape index (κ2) is 6.07. The van der Waals surface area contributed by atoms with Crippen LogP contribution in [0.15, 0.2) is 47.0 Å². The number of aryl methyl sites for hydroxylation is 3. The summed E-state index contributed by atoms with van der Waals surface area (Å²) in [6.07, 6.45) is 1.71. The van der Waals surface area contributed by atoms with E-state index in [0.29, 0.717) is 5.76 Å². The normalized spacial score (nSPS) is 10.9. The van der Waals surface area contributed by atoms with Gasteiger partial charge in [-0.25, -0.2) is 0 Å². The third-order valence-corrected chi connectivity index (χ3v) is 5.95. The fourth-order valence-corrected chi connectivity index (χ4v) is 4.25. The molecule has 4 heteroatoms. The third-order valence-electron chi connectivity index (χ3n) is 3.41. The van der Waals surface area contributed by atoms with Gasteiger partial charge in [-0.05, 0) is 0 Å². The Morgan fingerprint density at radius 3 is 2.27 bits per heavy atom. The van der Waals surface area contributed by atoms with Crippen molar-refractivity contribution < 1.29 is 8.81 Å². The number of hydrogen-bond donors (Lipinski definition) is 0. The maximum atomic E-state index is 13.0. The number of benzene rings is 2. The van der Waals surface area contributed by atoms with Crippen LogP contribution in [0.1, 0.15) is 16.7 Å². The molecule has 0 bridgehead atoms. The van der Waals surface area contributed by atoms with Gasteiger partial charge in [0, 0.05) is 0 Å². The number of hydrogen-bond acceptors (Lipinski definition) is 2. The predicted molar refractivity (Wildman–Crippen MR) is 87.6 cm³/mol. The zero-order valence-electron chi connectivity index (χ0n) is 12.7. The fraction of sp³-hybridized carbons (Fsp3) is 0.167. The van der Waals surface area contributed by atoms with E-state index < -0.39 is 0 Å². The zero-order chi connectivity index (χ0) is 15.7. The van der Waals surface area contributed by atoms with Gasteiger partial charge in [-0.15, -0.1) is 0 Å². The van der Waals surface area contributed by atoms with Gasteiger partial charge in [0.05, 0.1) is 0 Å². The van der Waals surface area contributed by atoms with Gasteiger partial charge in [-0.2, -0.15) is 0 Å². The number of nitrogens with zero attached hydrogens (tertiary/aromatic N) is 1. The summed E-state index contributed by atoms with van der Waals surface area (Å²) in [5.74, 6) is 0.429. The van der Waals surface area contributed by atoms with E-state index >= 15 is 0 Å². The van der Waals surface area contributed by atoms with E-state index in [-0.39, 0.29) is 20.8 Å². The van der Waals surface area contributed by atoms with Crippen molar-refractivity contribution in [2.75, 3.05) is 0 Å². The molecule has 3 aromatic rings.